The molecule has 1 aliphatic rings. The van der Waals surface area contributed by atoms with E-state index in [-0.39, 0.29) is 30.7 Å². The predicted molar refractivity (Wildman–Crippen MR) is 125 cm³/mol. The maximum Gasteiger partial charge on any atom is 0.308 e. The smallest absolute Gasteiger partial charge is 0.308 e. The molecule has 0 aliphatic carbocycles. The fourth-order valence-corrected chi connectivity index (χ4v) is 3.91. The highest BCUT2D eigenvalue weighted by atomic mass is 32.1. The number of thiophene rings is 1. The Hall–Kier alpha value is -3.24. The summed E-state index contributed by atoms with van der Waals surface area (Å²) in [4.78, 5) is 39.3. The molecule has 1 aromatic heterocycles. The second-order valence-corrected chi connectivity index (χ2v) is 8.10. The first kappa shape index (κ1) is 23.4. The van der Waals surface area contributed by atoms with Crippen LogP contribution in [0.1, 0.15) is 11.3 Å². The van der Waals surface area contributed by atoms with Gasteiger partial charge in [-0.3, -0.25) is 19.7 Å². The van der Waals surface area contributed by atoms with E-state index in [4.69, 9.17) is 21.7 Å². The molecule has 2 N–H and O–H groups in total. The quantitative estimate of drug-likeness (QED) is 0.262. The molecule has 2 aromatic rings. The van der Waals surface area contributed by atoms with Crippen molar-refractivity contribution in [1.82, 2.24) is 15.5 Å². The first-order valence-electron chi connectivity index (χ1n) is 9.97. The summed E-state index contributed by atoms with van der Waals surface area (Å²) in [5.74, 6) is -0.635. The molecule has 168 valence electrons. The number of hydrogen-bond donors (Lipinski definition) is 2. The van der Waals surface area contributed by atoms with Gasteiger partial charge in [-0.2, -0.15) is 0 Å². The van der Waals surface area contributed by atoms with E-state index in [0.717, 1.165) is 4.88 Å². The largest absolute Gasteiger partial charge is 0.490 e. The number of nitrogens with zero attached hydrogens (tertiary/aromatic N) is 1. The van der Waals surface area contributed by atoms with Crippen LogP contribution in [0.25, 0.3) is 6.08 Å². The van der Waals surface area contributed by atoms with Crippen molar-refractivity contribution < 1.29 is 23.9 Å². The number of ether oxygens (including phenoxy) is 2. The Morgan fingerprint density at radius 3 is 2.78 bits per heavy atom. The number of carbonyl (C=O) groups is 3. The fourth-order valence-electron chi connectivity index (χ4n) is 2.97. The summed E-state index contributed by atoms with van der Waals surface area (Å²) in [7, 11) is 0. The van der Waals surface area contributed by atoms with Crippen molar-refractivity contribution in [2.75, 3.05) is 26.3 Å². The Labute approximate surface area is 195 Å². The maximum absolute atomic E-state index is 12.4. The van der Waals surface area contributed by atoms with E-state index in [1.54, 1.807) is 18.2 Å². The topological polar surface area (TPSA) is 97.0 Å². The number of esters is 1. The number of para-hydroxylation sites is 1. The van der Waals surface area contributed by atoms with Crippen LogP contribution in [0.5, 0.6) is 5.75 Å². The number of amides is 2. The number of piperazine rings is 1. The molecular weight excluding hydrogens is 450 g/mol. The molecule has 1 aliphatic heterocycles. The van der Waals surface area contributed by atoms with Crippen LogP contribution in [0, 0.1) is 0 Å². The Bertz CT molecular complexity index is 963. The van der Waals surface area contributed by atoms with E-state index in [2.05, 4.69) is 10.6 Å². The molecule has 2 heterocycles. The molecule has 0 spiro atoms. The van der Waals surface area contributed by atoms with Crippen molar-refractivity contribution >= 4 is 52.5 Å². The number of rotatable bonds is 8. The van der Waals surface area contributed by atoms with E-state index in [1.165, 1.54) is 22.3 Å². The van der Waals surface area contributed by atoms with Gasteiger partial charge in [0.15, 0.2) is 5.11 Å². The number of benzene rings is 1. The van der Waals surface area contributed by atoms with Crippen molar-refractivity contribution in [3.63, 3.8) is 0 Å². The van der Waals surface area contributed by atoms with Gasteiger partial charge < -0.3 is 19.7 Å². The number of hydrogen-bond acceptors (Lipinski definition) is 7. The molecule has 1 fully saturated rings. The Morgan fingerprint density at radius 2 is 2.03 bits per heavy atom. The summed E-state index contributed by atoms with van der Waals surface area (Å²) in [6, 6.07) is 12.1. The number of thiocarbonyl (C=S) groups is 1. The van der Waals surface area contributed by atoms with Crippen molar-refractivity contribution in [2.45, 2.75) is 12.5 Å². The molecule has 10 heteroatoms. The lowest BCUT2D eigenvalue weighted by Crippen LogP contribution is -2.60. The zero-order valence-electron chi connectivity index (χ0n) is 17.2. The average molecular weight is 474 g/mol. The van der Waals surface area contributed by atoms with Gasteiger partial charge >= 0.3 is 5.97 Å². The van der Waals surface area contributed by atoms with Crippen LogP contribution in [0.4, 0.5) is 0 Å². The van der Waals surface area contributed by atoms with E-state index >= 15 is 0 Å². The summed E-state index contributed by atoms with van der Waals surface area (Å²) in [6.45, 7) is 0.975. The van der Waals surface area contributed by atoms with Crippen molar-refractivity contribution in [3.8, 4) is 5.75 Å². The minimum absolute atomic E-state index is 0.0523. The van der Waals surface area contributed by atoms with Crippen molar-refractivity contribution in [2.24, 2.45) is 0 Å². The van der Waals surface area contributed by atoms with Crippen molar-refractivity contribution in [1.29, 1.82) is 0 Å². The highest BCUT2D eigenvalue weighted by Crippen LogP contribution is 2.12. The standard InChI is InChI=1S/C22H23N3O5S2/c26-19(9-8-17-7-4-14-32-17)24-22(31)25-11-10-23-21(28)18(25)15-20(27)30-13-12-29-16-5-2-1-3-6-16/h1-9,14,18H,10-13,15H2,(H,23,28)(H,24,26,31)/b9-8+. The predicted octanol–water partition coefficient (Wildman–Crippen LogP) is 1.98. The lowest BCUT2D eigenvalue weighted by Gasteiger charge is -2.36. The van der Waals surface area contributed by atoms with Gasteiger partial charge in [-0.15, -0.1) is 11.3 Å². The Balaban J connectivity index is 1.48. The van der Waals surface area contributed by atoms with Gasteiger partial charge in [0.2, 0.25) is 11.8 Å². The summed E-state index contributed by atoms with van der Waals surface area (Å²) in [5, 5.41) is 7.30. The van der Waals surface area contributed by atoms with Crippen LogP contribution in [0.2, 0.25) is 0 Å². The molecule has 1 atom stereocenters. The first-order valence-corrected chi connectivity index (χ1v) is 11.3. The maximum atomic E-state index is 12.4. The normalized spacial score (nSPS) is 15.8. The third kappa shape index (κ3) is 7.17. The number of carbonyl (C=O) groups excluding carboxylic acids is 3. The molecule has 2 amide bonds. The molecule has 0 bridgehead atoms. The van der Waals surface area contributed by atoms with Crippen LogP contribution < -0.4 is 15.4 Å². The highest BCUT2D eigenvalue weighted by molar-refractivity contribution is 7.80. The van der Waals surface area contributed by atoms with E-state index in [9.17, 15) is 14.4 Å². The Morgan fingerprint density at radius 1 is 1.22 bits per heavy atom. The molecule has 0 radical (unpaired) electrons. The van der Waals surface area contributed by atoms with Crippen molar-refractivity contribution in [3.05, 3.63) is 58.8 Å². The second-order valence-electron chi connectivity index (χ2n) is 6.73. The summed E-state index contributed by atoms with van der Waals surface area (Å²) < 4.78 is 10.7. The zero-order valence-corrected chi connectivity index (χ0v) is 18.8. The minimum atomic E-state index is -0.861. The molecule has 1 saturated heterocycles. The molecule has 8 nitrogen and oxygen atoms in total. The lowest BCUT2D eigenvalue weighted by atomic mass is 10.1. The van der Waals surface area contributed by atoms with Gasteiger partial charge in [-0.25, -0.2) is 0 Å². The zero-order chi connectivity index (χ0) is 22.8. The van der Waals surface area contributed by atoms with E-state index in [1.807, 2.05) is 35.7 Å². The van der Waals surface area contributed by atoms with E-state index in [0.29, 0.717) is 18.8 Å². The third-order valence-electron chi connectivity index (χ3n) is 4.48. The van der Waals surface area contributed by atoms with Gasteiger partial charge in [0.1, 0.15) is 25.0 Å². The number of nitrogens with one attached hydrogen (secondary N) is 2. The van der Waals surface area contributed by atoms with Gasteiger partial charge in [-0.1, -0.05) is 24.3 Å². The van der Waals surface area contributed by atoms with Gasteiger partial charge in [-0.05, 0) is 41.9 Å². The van der Waals surface area contributed by atoms with Gasteiger partial charge in [0.25, 0.3) is 0 Å². The molecule has 0 saturated carbocycles. The molecule has 32 heavy (non-hydrogen) atoms. The molecule has 1 unspecified atom stereocenters. The summed E-state index contributed by atoms with van der Waals surface area (Å²) in [5.41, 5.74) is 0. The molecule has 1 aromatic carbocycles. The Kier molecular flexibility index (Phi) is 8.76. The van der Waals surface area contributed by atoms with Gasteiger partial charge in [0.05, 0.1) is 6.42 Å². The molecule has 3 rings (SSSR count). The SMILES string of the molecule is O=C(/C=C/c1cccs1)NC(=S)N1CCNC(=O)C1CC(=O)OCCOc1ccccc1. The van der Waals surface area contributed by atoms with Crippen LogP contribution in [-0.2, 0) is 19.1 Å². The van der Waals surface area contributed by atoms with Gasteiger partial charge in [0, 0.05) is 24.0 Å². The average Bonchev–Trinajstić information content (AvgIpc) is 3.31. The first-order chi connectivity index (χ1) is 15.5. The van der Waals surface area contributed by atoms with Crippen LogP contribution in [-0.4, -0.2) is 60.1 Å². The summed E-state index contributed by atoms with van der Waals surface area (Å²) in [6.07, 6.45) is 2.86. The minimum Gasteiger partial charge on any atom is -0.490 e. The van der Waals surface area contributed by atoms with Crippen LogP contribution >= 0.6 is 23.6 Å². The van der Waals surface area contributed by atoms with Crippen LogP contribution in [0.3, 0.4) is 0 Å². The highest BCUT2D eigenvalue weighted by Gasteiger charge is 2.34. The van der Waals surface area contributed by atoms with E-state index < -0.39 is 17.9 Å². The second kappa shape index (κ2) is 12.0. The summed E-state index contributed by atoms with van der Waals surface area (Å²) >= 11 is 6.82. The fraction of sp³-hybridized carbons (Fsp3) is 0.273. The molecular formula is C22H23N3O5S2. The monoisotopic (exact) mass is 473 g/mol. The third-order valence-corrected chi connectivity index (χ3v) is 5.66. The van der Waals surface area contributed by atoms with Crippen LogP contribution in [0.15, 0.2) is 53.9 Å². The lowest BCUT2D eigenvalue weighted by molar-refractivity contribution is -0.148.